The normalized spacial score (nSPS) is 11.1. The summed E-state index contributed by atoms with van der Waals surface area (Å²) in [5.41, 5.74) is 32.6. The van der Waals surface area contributed by atoms with Crippen LogP contribution in [0.25, 0.3) is 248 Å². The molecule has 690 valence electrons. The summed E-state index contributed by atoms with van der Waals surface area (Å²) in [7, 11) is 0. The van der Waals surface area contributed by atoms with E-state index in [-0.39, 0.29) is 0 Å². The Bertz CT molecular complexity index is 10600. The Kier molecular flexibility index (Phi) is 22.7. The molecule has 15 heteroatoms. The molecule has 27 aromatic rings. The van der Waals surface area contributed by atoms with Gasteiger partial charge in [0, 0.05) is 110 Å². The lowest BCUT2D eigenvalue weighted by Crippen LogP contribution is -1.97. The van der Waals surface area contributed by atoms with Crippen LogP contribution >= 0.6 is 34.0 Å². The van der Waals surface area contributed by atoms with E-state index >= 15 is 0 Å². The standard InChI is InChI=1S/3C45H24N4S/c1-48-41-12-6-4-10-36(41)35-9-3-2-8-34(35)32-22-31(30-16-19-45-40(25-30)37-11-5-7-13-44(37)50-45)23-33(24-32)49-42-17-14-28(26-46)20-38(42)39-21-29(27-47)15-18-43(39)49;46-25-28-6-5-7-32(18-28)36-8-1-2-9-37(36)34-21-33(31-14-17-45-41(24-31)38-10-3-4-11-44(38)50-45)22-35(23-34)49-42-15-12-29(26-47)19-39(42)40-20-30(27-48)13-16-43(40)49;46-25-28-9-13-31(14-10-28)36-5-1-2-6-37(36)34-21-33(32-15-18-45-41(24-32)38-7-3-4-8-44(38)50-45)22-35(23-34)49-42-16-11-29(26-47)19-39(42)40-20-30(27-48)12-17-43(40)49/h2-25H;2*1-24H. The minimum atomic E-state index is 0.567. The number of benzene rings is 21. The fourth-order valence-electron chi connectivity index (χ4n) is 21.4. The minimum absolute atomic E-state index is 0.567. The minimum Gasteiger partial charge on any atom is -0.309 e. The second-order valence-corrected chi connectivity index (χ2v) is 40.2. The maximum atomic E-state index is 9.77. The van der Waals surface area contributed by atoms with Crippen LogP contribution in [0.15, 0.2) is 437 Å². The highest BCUT2D eigenvalue weighted by molar-refractivity contribution is 7.26. The molecule has 6 aromatic heterocycles. The van der Waals surface area contributed by atoms with E-state index in [2.05, 4.69) is 298 Å². The van der Waals surface area contributed by atoms with Gasteiger partial charge in [0.2, 0.25) is 0 Å². The number of fused-ring (bicyclic) bond motifs is 18. The maximum absolute atomic E-state index is 9.77. The molecule has 12 nitrogen and oxygen atoms in total. The van der Waals surface area contributed by atoms with Crippen molar-refractivity contribution in [1.29, 1.82) is 42.1 Å². The van der Waals surface area contributed by atoms with Gasteiger partial charge in [0.1, 0.15) is 0 Å². The van der Waals surface area contributed by atoms with Gasteiger partial charge in [0.15, 0.2) is 5.69 Å². The molecule has 0 saturated carbocycles. The van der Waals surface area contributed by atoms with E-state index in [9.17, 15) is 42.1 Å². The highest BCUT2D eigenvalue weighted by Crippen LogP contribution is 2.49. The number of thiophene rings is 3. The SMILES string of the molecule is N#Cc1ccc(-c2ccccc2-c2cc(-c3ccc4sc5ccccc5c4c3)cc(-n3c4ccc(C#N)cc4c4cc(C#N)ccc43)c2)cc1.N#Cc1cccc(-c2ccccc2-c2cc(-c3ccc4sc5ccccc5c4c3)cc(-n3c4ccc(C#N)cc4c4cc(C#N)ccc43)c2)c1.[C-]#[N+]c1ccccc1-c1ccccc1-c1cc(-c2ccc3sc4ccccc4c3c2)cc(-n2c3ccc(C#N)cc3c3cc(C#N)ccc32)c1. The molecule has 0 bridgehead atoms. The van der Waals surface area contributed by atoms with Gasteiger partial charge in [-0.2, -0.15) is 42.1 Å². The van der Waals surface area contributed by atoms with E-state index < -0.39 is 0 Å². The number of para-hydroxylation sites is 1. The first-order chi connectivity index (χ1) is 73.8. The Morgan fingerprint density at radius 1 is 0.167 bits per heavy atom. The first-order valence-electron chi connectivity index (χ1n) is 48.5. The predicted octanol–water partition coefficient (Wildman–Crippen LogP) is 36.0. The van der Waals surface area contributed by atoms with Crippen LogP contribution in [-0.4, -0.2) is 13.7 Å². The Balaban J connectivity index is 0.000000116. The molecule has 0 aliphatic rings. The van der Waals surface area contributed by atoms with Gasteiger partial charge in [-0.25, -0.2) is 4.85 Å². The summed E-state index contributed by atoms with van der Waals surface area (Å²) in [4.78, 5) is 3.85. The van der Waals surface area contributed by atoms with E-state index in [1.807, 2.05) is 218 Å². The Hall–Kier alpha value is -20.9. The lowest BCUT2D eigenvalue weighted by molar-refractivity contribution is 1.18. The van der Waals surface area contributed by atoms with Gasteiger partial charge >= 0.3 is 0 Å². The highest BCUT2D eigenvalue weighted by atomic mass is 32.1. The van der Waals surface area contributed by atoms with Crippen LogP contribution in [-0.2, 0) is 0 Å². The lowest BCUT2D eigenvalue weighted by Gasteiger charge is -2.17. The zero-order valence-electron chi connectivity index (χ0n) is 79.7. The molecule has 0 N–H and O–H groups in total. The molecule has 150 heavy (non-hydrogen) atoms. The maximum Gasteiger partial charge on any atom is 0.194 e. The van der Waals surface area contributed by atoms with Crippen molar-refractivity contribution in [2.45, 2.75) is 0 Å². The third-order valence-corrected chi connectivity index (χ3v) is 31.8. The van der Waals surface area contributed by atoms with E-state index in [1.165, 1.54) is 60.5 Å². The summed E-state index contributed by atoms with van der Waals surface area (Å²) in [6, 6.07) is 167. The van der Waals surface area contributed by atoms with Crippen molar-refractivity contribution in [3.8, 4) is 166 Å². The van der Waals surface area contributed by atoms with Crippen molar-refractivity contribution in [3.05, 3.63) is 493 Å². The average Bonchev–Trinajstić information content (AvgIpc) is 1.58. The number of hydrogen-bond acceptors (Lipinski definition) is 11. The number of nitriles is 8. The van der Waals surface area contributed by atoms with Crippen molar-refractivity contribution < 1.29 is 0 Å². The summed E-state index contributed by atoms with van der Waals surface area (Å²) in [5, 5.41) is 90.7. The Morgan fingerprint density at radius 3 is 0.747 bits per heavy atom. The first-order valence-corrected chi connectivity index (χ1v) is 50.9. The molecule has 0 unspecified atom stereocenters. The van der Waals surface area contributed by atoms with Crippen molar-refractivity contribution in [2.75, 3.05) is 0 Å². The van der Waals surface area contributed by atoms with Crippen molar-refractivity contribution in [1.82, 2.24) is 13.7 Å². The van der Waals surface area contributed by atoms with Gasteiger partial charge in [-0.15, -0.1) is 34.0 Å². The second kappa shape index (κ2) is 37.8. The molecule has 0 radical (unpaired) electrons. The molecule has 0 saturated heterocycles. The van der Waals surface area contributed by atoms with Crippen LogP contribution in [0.2, 0.25) is 0 Å². The zero-order chi connectivity index (χ0) is 101. The monoisotopic (exact) mass is 1960 g/mol. The molecule has 0 atom stereocenters. The summed E-state index contributed by atoms with van der Waals surface area (Å²) < 4.78 is 14.2. The van der Waals surface area contributed by atoms with Crippen molar-refractivity contribution >= 4 is 166 Å². The fourth-order valence-corrected chi connectivity index (χ4v) is 24.7. The van der Waals surface area contributed by atoms with Gasteiger partial charge < -0.3 is 13.7 Å². The van der Waals surface area contributed by atoms with Crippen LogP contribution in [0, 0.1) is 97.2 Å². The smallest absolute Gasteiger partial charge is 0.194 e. The topological polar surface area (TPSA) is 209 Å². The summed E-state index contributed by atoms with van der Waals surface area (Å²) in [5.74, 6) is 0. The number of hydrogen-bond donors (Lipinski definition) is 0. The molecular weight excluding hydrogens is 1890 g/mol. The molecule has 0 spiro atoms. The largest absolute Gasteiger partial charge is 0.309 e. The van der Waals surface area contributed by atoms with Gasteiger partial charge in [0.25, 0.3) is 0 Å². The molecule has 27 rings (SSSR count). The molecule has 0 aliphatic carbocycles. The summed E-state index contributed by atoms with van der Waals surface area (Å²) >= 11 is 5.42. The Labute approximate surface area is 873 Å². The van der Waals surface area contributed by atoms with Crippen LogP contribution in [0.3, 0.4) is 0 Å². The van der Waals surface area contributed by atoms with Gasteiger partial charge in [0.05, 0.1) is 133 Å². The third-order valence-electron chi connectivity index (χ3n) is 28.4. The van der Waals surface area contributed by atoms with E-state index in [1.54, 1.807) is 22.7 Å². The van der Waals surface area contributed by atoms with Crippen LogP contribution < -0.4 is 0 Å². The van der Waals surface area contributed by atoms with Crippen molar-refractivity contribution in [2.24, 2.45) is 0 Å². The van der Waals surface area contributed by atoms with Gasteiger partial charge in [-0.05, 0) is 343 Å². The third kappa shape index (κ3) is 16.0. The predicted molar refractivity (Wildman–Crippen MR) is 614 cm³/mol. The average molecular weight is 1960 g/mol. The van der Waals surface area contributed by atoms with E-state index in [4.69, 9.17) is 6.57 Å². The van der Waals surface area contributed by atoms with E-state index in [0.29, 0.717) is 50.2 Å². The summed E-state index contributed by atoms with van der Waals surface area (Å²) in [6.07, 6.45) is 0. The van der Waals surface area contributed by atoms with Gasteiger partial charge in [-0.1, -0.05) is 194 Å². The molecular formula is C135H72N12S3. The van der Waals surface area contributed by atoms with Gasteiger partial charge in [-0.3, -0.25) is 0 Å². The number of rotatable bonds is 12. The fraction of sp³-hybridized carbons (Fsp3) is 0. The van der Waals surface area contributed by atoms with Crippen molar-refractivity contribution in [3.63, 3.8) is 0 Å². The molecule has 0 fully saturated rings. The van der Waals surface area contributed by atoms with Crippen LogP contribution in [0.1, 0.15) is 44.5 Å². The van der Waals surface area contributed by atoms with Crippen LogP contribution in [0.4, 0.5) is 5.69 Å². The lowest BCUT2D eigenvalue weighted by atomic mass is 9.91. The van der Waals surface area contributed by atoms with E-state index in [0.717, 1.165) is 183 Å². The molecule has 0 amide bonds. The first kappa shape index (κ1) is 90.4. The zero-order valence-corrected chi connectivity index (χ0v) is 82.1. The second-order valence-electron chi connectivity index (χ2n) is 36.9. The quantitative estimate of drug-likeness (QED) is 0.107. The Morgan fingerprint density at radius 2 is 0.420 bits per heavy atom. The highest BCUT2D eigenvalue weighted by Gasteiger charge is 2.26. The molecule has 0 aliphatic heterocycles. The van der Waals surface area contributed by atoms with Crippen LogP contribution in [0.5, 0.6) is 0 Å². The molecule has 6 heterocycles. The number of aromatic nitrogens is 3. The number of nitrogens with zero attached hydrogens (tertiary/aromatic N) is 12. The molecule has 21 aromatic carbocycles. The summed E-state index contributed by atoms with van der Waals surface area (Å²) in [6.45, 7) is 7.89.